The van der Waals surface area contributed by atoms with Crippen LogP contribution in [0.15, 0.2) is 183 Å². The molecule has 0 aliphatic heterocycles. The van der Waals surface area contributed by atoms with E-state index in [1.54, 1.807) is 120 Å². The first-order valence-electron chi connectivity index (χ1n) is 29.5. The monoisotopic (exact) mass is 1310 g/mol. The number of alkyl halides is 13. The van der Waals surface area contributed by atoms with Crippen LogP contribution >= 0.6 is 0 Å². The second-order valence-electron chi connectivity index (χ2n) is 22.4. The maximum atomic E-state index is 12.6. The molecule has 0 saturated carbocycles. The van der Waals surface area contributed by atoms with Crippen molar-refractivity contribution < 1.29 is 57.1 Å². The summed E-state index contributed by atoms with van der Waals surface area (Å²) in [5.41, 5.74) is 11.5. The Hall–Kier alpha value is -8.35. The molecule has 0 fully saturated rings. The minimum absolute atomic E-state index is 0.0185. The lowest BCUT2D eigenvalue weighted by Crippen LogP contribution is -2.09. The van der Waals surface area contributed by atoms with E-state index in [0.29, 0.717) is 22.5 Å². The molecule has 9 rings (SSSR count). The summed E-state index contributed by atoms with van der Waals surface area (Å²) in [5, 5.41) is 0. The highest BCUT2D eigenvalue weighted by molar-refractivity contribution is 5.27. The van der Waals surface area contributed by atoms with Crippen molar-refractivity contribution in [1.82, 2.24) is 29.9 Å². The number of aromatic nitrogens is 6. The maximum Gasteiger partial charge on any atom is 0.286 e. The fraction of sp³-hybridized carbons (Fsp3) is 0.351. The molecule has 93 heavy (non-hydrogen) atoms. The van der Waals surface area contributed by atoms with Gasteiger partial charge >= 0.3 is 0 Å². The molecule has 19 heteroatoms. The van der Waals surface area contributed by atoms with Gasteiger partial charge in [-0.15, -0.1) is 0 Å². The largest absolute Gasteiger partial charge is 0.286 e. The fourth-order valence-corrected chi connectivity index (χ4v) is 7.41. The Morgan fingerprint density at radius 3 is 1.08 bits per heavy atom. The van der Waals surface area contributed by atoms with Gasteiger partial charge in [-0.1, -0.05) is 95.6 Å². The summed E-state index contributed by atoms with van der Waals surface area (Å²) in [7, 11) is 0. The lowest BCUT2D eigenvalue weighted by atomic mass is 10.1. The molecule has 0 N–H and O–H groups in total. The van der Waals surface area contributed by atoms with Crippen molar-refractivity contribution in [2.45, 2.75) is 173 Å². The summed E-state index contributed by atoms with van der Waals surface area (Å²) < 4.78 is 163. The molecule has 6 nitrogen and oxygen atoms in total. The van der Waals surface area contributed by atoms with E-state index >= 15 is 0 Å². The van der Waals surface area contributed by atoms with Gasteiger partial charge < -0.3 is 0 Å². The quantitative estimate of drug-likeness (QED) is 0.134. The van der Waals surface area contributed by atoms with Gasteiger partial charge in [0.1, 0.15) is 37.1 Å². The highest BCUT2D eigenvalue weighted by atomic mass is 19.3. The summed E-state index contributed by atoms with van der Waals surface area (Å²) in [6, 6.07) is 37.4. The van der Waals surface area contributed by atoms with Gasteiger partial charge in [0.15, 0.2) is 0 Å². The molecule has 0 saturated heterocycles. The second kappa shape index (κ2) is 40.6. The number of hydrogen-bond acceptors (Lipinski definition) is 6. The third kappa shape index (κ3) is 36.5. The topological polar surface area (TPSA) is 77.3 Å². The van der Waals surface area contributed by atoms with E-state index in [0.717, 1.165) is 83.5 Å². The predicted molar refractivity (Wildman–Crippen MR) is 349 cm³/mol. The Labute approximate surface area is 541 Å². The van der Waals surface area contributed by atoms with Crippen LogP contribution in [0.2, 0.25) is 0 Å². The molecule has 6 aromatic heterocycles. The van der Waals surface area contributed by atoms with Crippen molar-refractivity contribution in [2.75, 3.05) is 0 Å². The van der Waals surface area contributed by atoms with Gasteiger partial charge in [0.25, 0.3) is 23.7 Å². The highest BCUT2D eigenvalue weighted by Crippen LogP contribution is 2.29. The van der Waals surface area contributed by atoms with Gasteiger partial charge in [-0.25, -0.2) is 48.3 Å². The smallest absolute Gasteiger partial charge is 0.264 e. The zero-order chi connectivity index (χ0) is 70.9. The van der Waals surface area contributed by atoms with Gasteiger partial charge in [-0.3, -0.25) is 29.9 Å². The molecular formula is C74H87F13N6. The van der Waals surface area contributed by atoms with Crippen LogP contribution in [0.1, 0.15) is 181 Å². The summed E-state index contributed by atoms with van der Waals surface area (Å²) in [6.45, 7) is 25.8. The van der Waals surface area contributed by atoms with Crippen LogP contribution in [0.4, 0.5) is 57.1 Å². The van der Waals surface area contributed by atoms with E-state index in [4.69, 9.17) is 0 Å². The van der Waals surface area contributed by atoms with Crippen LogP contribution in [-0.2, 0) is 30.4 Å². The van der Waals surface area contributed by atoms with Crippen LogP contribution in [0, 0.1) is 62.3 Å². The predicted octanol–water partition coefficient (Wildman–Crippen LogP) is 23.4. The number of rotatable bonds is 9. The van der Waals surface area contributed by atoms with Crippen molar-refractivity contribution in [3.63, 3.8) is 0 Å². The number of pyridine rings is 6. The lowest BCUT2D eigenvalue weighted by molar-refractivity contribution is 0.0125. The molecule has 0 spiro atoms. The molecule has 9 aromatic rings. The van der Waals surface area contributed by atoms with E-state index in [-0.39, 0.29) is 29.1 Å². The number of hydrogen-bond donors (Lipinski definition) is 0. The van der Waals surface area contributed by atoms with E-state index in [1.807, 2.05) is 77.1 Å². The molecule has 4 atom stereocenters. The van der Waals surface area contributed by atoms with Crippen LogP contribution < -0.4 is 0 Å². The summed E-state index contributed by atoms with van der Waals surface area (Å²) in [6.07, 6.45) is 8.44. The summed E-state index contributed by atoms with van der Waals surface area (Å²) in [4.78, 5) is 22.7. The molecule has 3 aromatic carbocycles. The standard InChI is InChI=1S/C9H10F2.C9H11F.3C8H9F2N.3C8H10FN.C8H9F/c1-7-4-3-5-8(6-7)9(2,10)11;1-7-4-3-5-9(6-7)8(2)10;1-6-3-7(5-11-4-6)8(2,9)10;1-6-5-7(3-4-11-6)8(2,9)10;1-6-3-4-11-7(5-6)8(2,9)10;1-6-3-8(7(2)9)5-10-4-6;1-6-5-8(7(2)9)3-4-10-6;1-6-3-4-10-8(5-6)7(2)9;1-7-3-2-4-8(5-7)6-9/h3-6H,1-2H3;3-6,8H,1-2H3;3*3-5H,1-2H3;3*3-5,7H,1-2H3;2-5H,6H2,1H3. The number of benzene rings is 3. The Bertz CT molecular complexity index is 3130. The number of aryl methyl sites for hydroxylation is 9. The van der Waals surface area contributed by atoms with Crippen molar-refractivity contribution in [3.05, 3.63) is 284 Å². The Morgan fingerprint density at radius 2 is 0.742 bits per heavy atom. The lowest BCUT2D eigenvalue weighted by Gasteiger charge is -2.10. The van der Waals surface area contributed by atoms with E-state index in [1.165, 1.54) is 75.8 Å². The van der Waals surface area contributed by atoms with Crippen molar-refractivity contribution in [3.8, 4) is 0 Å². The highest BCUT2D eigenvalue weighted by Gasteiger charge is 2.27. The molecular weight excluding hydrogens is 1220 g/mol. The number of nitrogens with zero attached hydrogens (tertiary/aromatic N) is 6. The Morgan fingerprint density at radius 1 is 0.333 bits per heavy atom. The molecule has 0 amide bonds. The fourth-order valence-electron chi connectivity index (χ4n) is 7.41. The van der Waals surface area contributed by atoms with Crippen LogP contribution in [0.3, 0.4) is 0 Å². The Balaban J connectivity index is 0.000000523. The van der Waals surface area contributed by atoms with Crippen molar-refractivity contribution in [2.24, 2.45) is 0 Å². The molecule has 6 heterocycles. The van der Waals surface area contributed by atoms with Gasteiger partial charge in [0, 0.05) is 111 Å². The average molecular weight is 1310 g/mol. The van der Waals surface area contributed by atoms with Crippen LogP contribution in [-0.4, -0.2) is 29.9 Å². The summed E-state index contributed by atoms with van der Waals surface area (Å²) >= 11 is 0. The average Bonchev–Trinajstić information content (AvgIpc) is 1.71. The SMILES string of the molecule is Cc1cc(C(C)(F)F)ccn1.Cc1cc(C(C)F)ccn1.Cc1cccc(C(C)(F)F)c1.Cc1cccc(C(C)F)c1.Cc1cccc(CF)c1.Cc1ccnc(C(C)(F)F)c1.Cc1ccnc(C(C)F)c1.Cc1cncc(C(C)(F)F)c1.Cc1cncc(C(C)F)c1. The van der Waals surface area contributed by atoms with Crippen molar-refractivity contribution in [1.29, 1.82) is 0 Å². The van der Waals surface area contributed by atoms with Crippen LogP contribution in [0.5, 0.6) is 0 Å². The maximum absolute atomic E-state index is 12.6. The van der Waals surface area contributed by atoms with Crippen LogP contribution in [0.25, 0.3) is 0 Å². The zero-order valence-electron chi connectivity index (χ0n) is 55.9. The first-order valence-corrected chi connectivity index (χ1v) is 29.5. The van der Waals surface area contributed by atoms with Gasteiger partial charge in [0.2, 0.25) is 0 Å². The van der Waals surface area contributed by atoms with Gasteiger partial charge in [-0.2, -0.15) is 8.78 Å². The molecule has 0 aliphatic carbocycles. The molecule has 0 aliphatic rings. The zero-order valence-corrected chi connectivity index (χ0v) is 55.9. The van der Waals surface area contributed by atoms with Gasteiger partial charge in [0.05, 0.1) is 5.69 Å². The first-order chi connectivity index (χ1) is 43.1. The van der Waals surface area contributed by atoms with E-state index < -0.39 is 48.4 Å². The third-order valence-corrected chi connectivity index (χ3v) is 12.5. The number of halogens is 13. The molecule has 0 bridgehead atoms. The van der Waals surface area contributed by atoms with Gasteiger partial charge in [-0.05, 0) is 184 Å². The minimum atomic E-state index is -2.83. The normalized spacial score (nSPS) is 12.1. The molecule has 0 radical (unpaired) electrons. The Kier molecular flexibility index (Phi) is 36.1. The third-order valence-electron chi connectivity index (χ3n) is 12.5. The summed E-state index contributed by atoms with van der Waals surface area (Å²) in [5.74, 6) is -11.1. The minimum Gasteiger partial charge on any atom is -0.264 e. The molecule has 504 valence electrons. The first kappa shape index (κ1) is 82.7. The molecule has 4 unspecified atom stereocenters. The second-order valence-corrected chi connectivity index (χ2v) is 22.4. The van der Waals surface area contributed by atoms with Crippen molar-refractivity contribution >= 4 is 0 Å². The van der Waals surface area contributed by atoms with E-state index in [2.05, 4.69) is 29.9 Å². The van der Waals surface area contributed by atoms with E-state index in [9.17, 15) is 57.1 Å².